The molecule has 0 radical (unpaired) electrons. The van der Waals surface area contributed by atoms with Gasteiger partial charge in [0.2, 0.25) is 0 Å². The van der Waals surface area contributed by atoms with E-state index in [1.54, 1.807) is 11.0 Å². The molecule has 6 rings (SSSR count). The summed E-state index contributed by atoms with van der Waals surface area (Å²) in [5.74, 6) is -1.70. The maximum absolute atomic E-state index is 12.6. The third-order valence-electron chi connectivity index (χ3n) is 9.00. The van der Waals surface area contributed by atoms with Crippen molar-refractivity contribution in [3.05, 3.63) is 112 Å². The summed E-state index contributed by atoms with van der Waals surface area (Å²) in [7, 11) is 0. The van der Waals surface area contributed by atoms with Crippen LogP contribution in [0.25, 0.3) is 0 Å². The molecule has 0 bridgehead atoms. The predicted molar refractivity (Wildman–Crippen MR) is 219 cm³/mol. The van der Waals surface area contributed by atoms with Gasteiger partial charge in [-0.25, -0.2) is 0 Å². The molecule has 0 aromatic heterocycles. The van der Waals surface area contributed by atoms with E-state index in [4.69, 9.17) is 94.0 Å². The molecule has 6 N–H and O–H groups in total. The fraction of sp³-hybridized carbons (Fsp3) is 0.278. The number of phenolic OH excluding ortho intramolecular Hbond substituents is 4. The zero-order chi connectivity index (χ0) is 40.4. The van der Waals surface area contributed by atoms with Crippen LogP contribution in [0.4, 0.5) is 13.2 Å². The van der Waals surface area contributed by atoms with E-state index >= 15 is 0 Å². The lowest BCUT2D eigenvalue weighted by Gasteiger charge is -2.32. The largest absolute Gasteiger partial charge is 0.503 e. The lowest BCUT2D eigenvalue weighted by atomic mass is 9.98. The second-order valence-electron chi connectivity index (χ2n) is 12.5. The van der Waals surface area contributed by atoms with Gasteiger partial charge >= 0.3 is 6.18 Å². The quantitative estimate of drug-likeness (QED) is 0.0856. The summed E-state index contributed by atoms with van der Waals surface area (Å²) in [6, 6.07) is 10.4. The Hall–Kier alpha value is -3.01. The highest BCUT2D eigenvalue weighted by molar-refractivity contribution is 7.80. The van der Waals surface area contributed by atoms with E-state index < -0.39 is 29.0 Å². The SMILES string of the molecule is Oc1c(O)c(Cl)c2c(c1Cl)CCN(C(=S)NCCc1ccc(Cl)c(Cl)c1)C2.Oc1c(O)c(Cl)c2c(c1Cl)CCN(C(=S)NCc1ccc(C(F)(F)F)cc1)C2. The van der Waals surface area contributed by atoms with E-state index in [-0.39, 0.29) is 38.9 Å². The van der Waals surface area contributed by atoms with Gasteiger partial charge in [0.25, 0.3) is 0 Å². The van der Waals surface area contributed by atoms with Crippen LogP contribution in [0.5, 0.6) is 23.0 Å². The monoisotopic (exact) mass is 914 g/mol. The number of alkyl halides is 3. The lowest BCUT2D eigenvalue weighted by molar-refractivity contribution is -0.137. The van der Waals surface area contributed by atoms with Crippen molar-refractivity contribution < 1.29 is 33.6 Å². The van der Waals surface area contributed by atoms with Gasteiger partial charge in [-0.05, 0) is 101 Å². The summed E-state index contributed by atoms with van der Waals surface area (Å²) < 4.78 is 37.8. The maximum Gasteiger partial charge on any atom is 0.416 e. The highest BCUT2D eigenvalue weighted by Crippen LogP contribution is 2.47. The summed E-state index contributed by atoms with van der Waals surface area (Å²) in [4.78, 5) is 3.76. The van der Waals surface area contributed by atoms with E-state index in [1.807, 2.05) is 17.0 Å². The molecule has 0 aliphatic carbocycles. The summed E-state index contributed by atoms with van der Waals surface area (Å²) >= 11 is 47.3. The van der Waals surface area contributed by atoms with Crippen molar-refractivity contribution >= 4 is 104 Å². The first-order valence-corrected chi connectivity index (χ1v) is 19.4. The number of benzene rings is 4. The van der Waals surface area contributed by atoms with Gasteiger partial charge < -0.3 is 40.9 Å². The Labute approximate surface area is 355 Å². The molecule has 0 unspecified atom stereocenters. The minimum atomic E-state index is -4.37. The first-order valence-electron chi connectivity index (χ1n) is 16.4. The minimum Gasteiger partial charge on any atom is -0.503 e. The van der Waals surface area contributed by atoms with Crippen LogP contribution < -0.4 is 10.6 Å². The van der Waals surface area contributed by atoms with E-state index in [0.29, 0.717) is 81.5 Å². The van der Waals surface area contributed by atoms with Crippen LogP contribution >= 0.6 is 94.0 Å². The molecular formula is C36H31Cl6F3N4O4S2. The summed E-state index contributed by atoms with van der Waals surface area (Å²) in [5.41, 5.74) is 3.65. The molecule has 0 saturated carbocycles. The van der Waals surface area contributed by atoms with Crippen LogP contribution in [0, 0.1) is 0 Å². The molecule has 4 aromatic carbocycles. The molecule has 0 saturated heterocycles. The van der Waals surface area contributed by atoms with Crippen molar-refractivity contribution in [1.29, 1.82) is 0 Å². The molecule has 0 spiro atoms. The molecule has 2 heterocycles. The Kier molecular flexibility index (Phi) is 14.2. The first kappa shape index (κ1) is 43.1. The van der Waals surface area contributed by atoms with Crippen molar-refractivity contribution in [2.75, 3.05) is 19.6 Å². The number of halogens is 9. The number of phenols is 4. The van der Waals surface area contributed by atoms with Crippen molar-refractivity contribution in [2.45, 2.75) is 45.1 Å². The van der Waals surface area contributed by atoms with Crippen LogP contribution in [-0.4, -0.2) is 60.1 Å². The Bertz CT molecular complexity index is 2130. The number of hydrogen-bond acceptors (Lipinski definition) is 6. The van der Waals surface area contributed by atoms with E-state index in [0.717, 1.165) is 29.7 Å². The number of hydrogen-bond donors (Lipinski definition) is 6. The second-order valence-corrected chi connectivity index (χ2v) is 15.6. The van der Waals surface area contributed by atoms with Crippen LogP contribution in [-0.2, 0) is 45.1 Å². The molecular weight excluding hydrogens is 886 g/mol. The van der Waals surface area contributed by atoms with Gasteiger partial charge in [0.05, 0.1) is 35.7 Å². The fourth-order valence-corrected chi connectivity index (χ4v) is 7.90. The summed E-state index contributed by atoms with van der Waals surface area (Å²) in [5, 5.41) is 48.1. The predicted octanol–water partition coefficient (Wildman–Crippen LogP) is 10.0. The van der Waals surface area contributed by atoms with Crippen LogP contribution in [0.3, 0.4) is 0 Å². The highest BCUT2D eigenvalue weighted by atomic mass is 35.5. The Morgan fingerprint density at radius 1 is 0.618 bits per heavy atom. The first-order chi connectivity index (χ1) is 25.9. The van der Waals surface area contributed by atoms with E-state index in [9.17, 15) is 33.6 Å². The van der Waals surface area contributed by atoms with Gasteiger partial charge in [0.1, 0.15) is 0 Å². The standard InChI is InChI=1S/C18H16Cl4N2O2S.C18H15Cl2F3N2O2S/c19-12-2-1-9(7-13(12)20)3-5-23-18(27)24-6-4-10-11(8-24)15(22)17(26)16(25)14(10)21;19-13-11-5-6-25(8-12(11)14(20)16(27)15(13)26)17(28)24-7-9-1-3-10(4-2-9)18(21,22)23/h1-2,7,25-26H,3-6,8H2,(H,23,27);1-4,26-27H,5-8H2,(H,24,28). The van der Waals surface area contributed by atoms with Gasteiger partial charge in [-0.3, -0.25) is 0 Å². The number of rotatable bonds is 5. The van der Waals surface area contributed by atoms with Gasteiger partial charge in [0, 0.05) is 39.3 Å². The number of nitrogens with one attached hydrogen (secondary N) is 2. The van der Waals surface area contributed by atoms with Crippen LogP contribution in [0.15, 0.2) is 42.5 Å². The summed E-state index contributed by atoms with van der Waals surface area (Å²) in [6.45, 7) is 2.71. The van der Waals surface area contributed by atoms with Crippen LogP contribution in [0.2, 0.25) is 30.1 Å². The average molecular weight is 918 g/mol. The molecule has 55 heavy (non-hydrogen) atoms. The molecule has 8 nitrogen and oxygen atoms in total. The number of aromatic hydroxyl groups is 4. The average Bonchev–Trinajstić information content (AvgIpc) is 3.17. The molecule has 0 amide bonds. The van der Waals surface area contributed by atoms with Crippen LogP contribution in [0.1, 0.15) is 38.9 Å². The topological polar surface area (TPSA) is 111 Å². The number of nitrogens with zero attached hydrogens (tertiary/aromatic N) is 2. The summed E-state index contributed by atoms with van der Waals surface area (Å²) in [6.07, 6.45) is -2.61. The van der Waals surface area contributed by atoms with Crippen molar-refractivity contribution in [1.82, 2.24) is 20.4 Å². The zero-order valence-electron chi connectivity index (χ0n) is 28.3. The second kappa shape index (κ2) is 18.1. The normalized spacial score (nSPS) is 13.7. The number of thiocarbonyl (C=S) groups is 2. The maximum atomic E-state index is 12.6. The molecule has 0 atom stereocenters. The van der Waals surface area contributed by atoms with Gasteiger partial charge in [-0.2, -0.15) is 13.2 Å². The molecule has 2 aliphatic heterocycles. The van der Waals surface area contributed by atoms with Crippen molar-refractivity contribution in [3.8, 4) is 23.0 Å². The Morgan fingerprint density at radius 3 is 1.51 bits per heavy atom. The smallest absolute Gasteiger partial charge is 0.416 e. The third-order valence-corrected chi connectivity index (χ3v) is 12.2. The van der Waals surface area contributed by atoms with Crippen molar-refractivity contribution in [3.63, 3.8) is 0 Å². The molecule has 294 valence electrons. The lowest BCUT2D eigenvalue weighted by Crippen LogP contribution is -2.43. The zero-order valence-corrected chi connectivity index (χ0v) is 34.5. The van der Waals surface area contributed by atoms with Crippen molar-refractivity contribution in [2.24, 2.45) is 0 Å². The minimum absolute atomic E-state index is 0.0205. The molecule has 0 fully saturated rings. The number of fused-ring (bicyclic) bond motifs is 2. The molecule has 2 aliphatic rings. The highest BCUT2D eigenvalue weighted by Gasteiger charge is 2.31. The third kappa shape index (κ3) is 9.93. The van der Waals surface area contributed by atoms with E-state index in [1.165, 1.54) is 12.1 Å². The Morgan fingerprint density at radius 2 is 1.05 bits per heavy atom. The van der Waals surface area contributed by atoms with E-state index in [2.05, 4.69) is 10.6 Å². The van der Waals surface area contributed by atoms with Gasteiger partial charge in [-0.15, -0.1) is 0 Å². The van der Waals surface area contributed by atoms with Gasteiger partial charge in [-0.1, -0.05) is 87.8 Å². The fourth-order valence-electron chi connectivity index (χ4n) is 5.97. The Balaban J connectivity index is 0.000000211. The molecule has 4 aromatic rings. The molecule has 19 heteroatoms. The van der Waals surface area contributed by atoms with Gasteiger partial charge in [0.15, 0.2) is 33.2 Å².